The molecule has 0 saturated heterocycles. The lowest BCUT2D eigenvalue weighted by Crippen LogP contribution is -2.39. The maximum Gasteiger partial charge on any atom is 0.236 e. The van der Waals surface area contributed by atoms with Gasteiger partial charge in [0.1, 0.15) is 11.8 Å². The summed E-state index contributed by atoms with van der Waals surface area (Å²) in [6.07, 6.45) is 2.51. The van der Waals surface area contributed by atoms with Gasteiger partial charge in [0.05, 0.1) is 11.0 Å². The number of aryl methyl sites for hydroxylation is 1. The van der Waals surface area contributed by atoms with Crippen LogP contribution in [0.25, 0.3) is 11.0 Å². The molecule has 0 spiro atoms. The third-order valence-corrected chi connectivity index (χ3v) is 3.66. The first-order valence-corrected chi connectivity index (χ1v) is 6.81. The van der Waals surface area contributed by atoms with E-state index in [9.17, 15) is 0 Å². The minimum Gasteiger partial charge on any atom is -0.473 e. The van der Waals surface area contributed by atoms with Crippen molar-refractivity contribution in [2.24, 2.45) is 5.92 Å². The van der Waals surface area contributed by atoms with Crippen molar-refractivity contribution in [3.63, 3.8) is 0 Å². The fraction of sp³-hybridized carbons (Fsp3) is 0.467. The Morgan fingerprint density at radius 1 is 1.21 bits per heavy atom. The molecule has 0 atom stereocenters. The molecule has 1 aromatic heterocycles. The van der Waals surface area contributed by atoms with E-state index in [0.717, 1.165) is 42.0 Å². The van der Waals surface area contributed by atoms with E-state index in [1.54, 1.807) is 0 Å². The van der Waals surface area contributed by atoms with Crippen LogP contribution in [0.3, 0.4) is 0 Å². The Labute approximate surface area is 113 Å². The first-order valence-electron chi connectivity index (χ1n) is 6.81. The lowest BCUT2D eigenvalue weighted by Gasteiger charge is -2.35. The fourth-order valence-electron chi connectivity index (χ4n) is 2.57. The van der Waals surface area contributed by atoms with Crippen LogP contribution in [-0.4, -0.2) is 29.7 Å². The van der Waals surface area contributed by atoms with E-state index in [-0.39, 0.29) is 0 Å². The summed E-state index contributed by atoms with van der Waals surface area (Å²) in [5.41, 5.74) is 2.69. The van der Waals surface area contributed by atoms with Gasteiger partial charge in [-0.3, -0.25) is 0 Å². The van der Waals surface area contributed by atoms with Crippen molar-refractivity contribution in [2.45, 2.75) is 25.9 Å². The van der Waals surface area contributed by atoms with Crippen molar-refractivity contribution in [3.8, 4) is 5.88 Å². The molecule has 1 aromatic carbocycles. The minimum atomic E-state index is 0.299. The molecule has 0 bridgehead atoms. The van der Waals surface area contributed by atoms with E-state index in [4.69, 9.17) is 4.74 Å². The molecule has 0 amide bonds. The highest BCUT2D eigenvalue weighted by Crippen LogP contribution is 2.31. The number of benzene rings is 1. The second-order valence-electron chi connectivity index (χ2n) is 5.24. The summed E-state index contributed by atoms with van der Waals surface area (Å²) in [5, 5.41) is 3.21. The minimum absolute atomic E-state index is 0.299. The first kappa shape index (κ1) is 12.4. The monoisotopic (exact) mass is 257 g/mol. The molecule has 0 radical (unpaired) electrons. The SMILES string of the molecule is CNCC1CC(Oc2nc3ccccc3nc2C)C1. The quantitative estimate of drug-likeness (QED) is 0.913. The van der Waals surface area contributed by atoms with Gasteiger partial charge < -0.3 is 10.1 Å². The molecular weight excluding hydrogens is 238 g/mol. The smallest absolute Gasteiger partial charge is 0.236 e. The first-order chi connectivity index (χ1) is 9.26. The topological polar surface area (TPSA) is 47.0 Å². The highest BCUT2D eigenvalue weighted by molar-refractivity contribution is 5.74. The molecule has 4 nitrogen and oxygen atoms in total. The average molecular weight is 257 g/mol. The lowest BCUT2D eigenvalue weighted by atomic mass is 9.82. The van der Waals surface area contributed by atoms with Gasteiger partial charge in [-0.1, -0.05) is 12.1 Å². The molecule has 1 N–H and O–H groups in total. The number of para-hydroxylation sites is 2. The van der Waals surface area contributed by atoms with Crippen LogP contribution in [-0.2, 0) is 0 Å². The summed E-state index contributed by atoms with van der Waals surface area (Å²) in [7, 11) is 1.99. The molecule has 2 aromatic rings. The van der Waals surface area contributed by atoms with E-state index in [0.29, 0.717) is 12.0 Å². The Kier molecular flexibility index (Phi) is 3.34. The second kappa shape index (κ2) is 5.13. The number of nitrogens with one attached hydrogen (secondary N) is 1. The maximum atomic E-state index is 5.96. The number of nitrogens with zero attached hydrogens (tertiary/aromatic N) is 2. The molecule has 0 aliphatic heterocycles. The molecule has 19 heavy (non-hydrogen) atoms. The summed E-state index contributed by atoms with van der Waals surface area (Å²) in [4.78, 5) is 9.11. The molecule has 1 saturated carbocycles. The number of rotatable bonds is 4. The molecule has 1 heterocycles. The van der Waals surface area contributed by atoms with Crippen LogP contribution < -0.4 is 10.1 Å². The van der Waals surface area contributed by atoms with Gasteiger partial charge in [0.25, 0.3) is 0 Å². The average Bonchev–Trinajstić information content (AvgIpc) is 2.37. The van der Waals surface area contributed by atoms with Crippen molar-refractivity contribution < 1.29 is 4.74 Å². The summed E-state index contributed by atoms with van der Waals surface area (Å²) < 4.78 is 5.96. The van der Waals surface area contributed by atoms with Crippen molar-refractivity contribution in [1.82, 2.24) is 15.3 Å². The molecule has 1 aliphatic rings. The predicted molar refractivity (Wildman–Crippen MR) is 75.3 cm³/mol. The van der Waals surface area contributed by atoms with E-state index < -0.39 is 0 Å². The largest absolute Gasteiger partial charge is 0.473 e. The Balaban J connectivity index is 1.73. The zero-order chi connectivity index (χ0) is 13.2. The van der Waals surface area contributed by atoms with Gasteiger partial charge in [-0.15, -0.1) is 0 Å². The molecule has 4 heteroatoms. The van der Waals surface area contributed by atoms with Crippen LogP contribution in [0.4, 0.5) is 0 Å². The molecule has 3 rings (SSSR count). The Hall–Kier alpha value is -1.68. The number of hydrogen-bond donors (Lipinski definition) is 1. The van der Waals surface area contributed by atoms with Gasteiger partial charge in [0.15, 0.2) is 0 Å². The van der Waals surface area contributed by atoms with Gasteiger partial charge in [-0.05, 0) is 51.4 Å². The van der Waals surface area contributed by atoms with Crippen LogP contribution >= 0.6 is 0 Å². The van der Waals surface area contributed by atoms with E-state index >= 15 is 0 Å². The number of aromatic nitrogens is 2. The summed E-state index contributed by atoms with van der Waals surface area (Å²) in [5.74, 6) is 1.43. The van der Waals surface area contributed by atoms with Gasteiger partial charge in [0, 0.05) is 0 Å². The van der Waals surface area contributed by atoms with Crippen LogP contribution in [0.2, 0.25) is 0 Å². The van der Waals surface area contributed by atoms with Gasteiger partial charge in [-0.2, -0.15) is 0 Å². The van der Waals surface area contributed by atoms with Crippen LogP contribution in [0.5, 0.6) is 5.88 Å². The Morgan fingerprint density at radius 3 is 2.58 bits per heavy atom. The highest BCUT2D eigenvalue weighted by atomic mass is 16.5. The molecule has 1 aliphatic carbocycles. The van der Waals surface area contributed by atoms with Crippen molar-refractivity contribution >= 4 is 11.0 Å². The molecular formula is C15H19N3O. The zero-order valence-electron chi connectivity index (χ0n) is 11.4. The van der Waals surface area contributed by atoms with E-state index in [1.165, 1.54) is 0 Å². The van der Waals surface area contributed by atoms with Crippen molar-refractivity contribution in [1.29, 1.82) is 0 Å². The highest BCUT2D eigenvalue weighted by Gasteiger charge is 2.30. The summed E-state index contributed by atoms with van der Waals surface area (Å²) in [6.45, 7) is 3.03. The fourth-order valence-corrected chi connectivity index (χ4v) is 2.57. The summed E-state index contributed by atoms with van der Waals surface area (Å²) in [6, 6.07) is 7.90. The van der Waals surface area contributed by atoms with Gasteiger partial charge in [0.2, 0.25) is 5.88 Å². The third-order valence-electron chi connectivity index (χ3n) is 3.66. The Bertz CT molecular complexity index is 579. The number of hydrogen-bond acceptors (Lipinski definition) is 4. The molecule has 0 unspecified atom stereocenters. The third kappa shape index (κ3) is 2.54. The Morgan fingerprint density at radius 2 is 1.89 bits per heavy atom. The zero-order valence-corrected chi connectivity index (χ0v) is 11.4. The van der Waals surface area contributed by atoms with E-state index in [2.05, 4.69) is 15.3 Å². The van der Waals surface area contributed by atoms with Gasteiger partial charge in [-0.25, -0.2) is 9.97 Å². The molecule has 1 fully saturated rings. The van der Waals surface area contributed by atoms with Crippen LogP contribution in [0, 0.1) is 12.8 Å². The van der Waals surface area contributed by atoms with Gasteiger partial charge >= 0.3 is 0 Å². The molecule has 100 valence electrons. The number of fused-ring (bicyclic) bond motifs is 1. The maximum absolute atomic E-state index is 5.96. The second-order valence-corrected chi connectivity index (χ2v) is 5.24. The lowest BCUT2D eigenvalue weighted by molar-refractivity contribution is 0.0609. The van der Waals surface area contributed by atoms with Crippen LogP contribution in [0.1, 0.15) is 18.5 Å². The standard InChI is InChI=1S/C15H19N3O/c1-10-15(19-12-7-11(8-12)9-16-2)18-14-6-4-3-5-13(14)17-10/h3-6,11-12,16H,7-9H2,1-2H3. The summed E-state index contributed by atoms with van der Waals surface area (Å²) >= 11 is 0. The van der Waals surface area contributed by atoms with Crippen molar-refractivity contribution in [3.05, 3.63) is 30.0 Å². The number of ether oxygens (including phenoxy) is 1. The van der Waals surface area contributed by atoms with E-state index in [1.807, 2.05) is 38.2 Å². The van der Waals surface area contributed by atoms with Crippen molar-refractivity contribution in [2.75, 3.05) is 13.6 Å². The van der Waals surface area contributed by atoms with Crippen LogP contribution in [0.15, 0.2) is 24.3 Å². The normalized spacial score (nSPS) is 22.2. The predicted octanol–water partition coefficient (Wildman–Crippen LogP) is 2.32.